The summed E-state index contributed by atoms with van der Waals surface area (Å²) in [5, 5.41) is 5.30. The minimum Gasteiger partial charge on any atom is -0.492 e. The lowest BCUT2D eigenvalue weighted by Crippen LogP contribution is -2.47. The van der Waals surface area contributed by atoms with Gasteiger partial charge in [0, 0.05) is 44.3 Å². The molecule has 1 aliphatic heterocycles. The van der Waals surface area contributed by atoms with Crippen molar-refractivity contribution in [2.75, 3.05) is 39.3 Å². The molecular weight excluding hydrogens is 382 g/mol. The Morgan fingerprint density at radius 3 is 2.52 bits per heavy atom. The first-order valence-electron chi connectivity index (χ1n) is 9.15. The number of aromatic nitrogens is 3. The molecule has 0 bridgehead atoms. The summed E-state index contributed by atoms with van der Waals surface area (Å²) in [6.45, 7) is 12.8. The second kappa shape index (κ2) is 9.50. The number of ether oxygens (including phenoxy) is 1. The zero-order chi connectivity index (χ0) is 19.2. The van der Waals surface area contributed by atoms with Crippen LogP contribution < -0.4 is 4.74 Å². The van der Waals surface area contributed by atoms with Gasteiger partial charge in [0.2, 0.25) is 0 Å². The lowest BCUT2D eigenvalue weighted by atomic mass is 10.3. The fourth-order valence-electron chi connectivity index (χ4n) is 3.15. The Morgan fingerprint density at radius 1 is 1.19 bits per heavy atom. The van der Waals surface area contributed by atoms with Gasteiger partial charge in [0.1, 0.15) is 18.2 Å². The predicted octanol–water partition coefficient (Wildman–Crippen LogP) is 3.22. The van der Waals surface area contributed by atoms with Crippen molar-refractivity contribution in [3.05, 3.63) is 52.5 Å². The van der Waals surface area contributed by atoms with Gasteiger partial charge in [-0.15, -0.1) is 6.58 Å². The summed E-state index contributed by atoms with van der Waals surface area (Å²) >= 11 is 11.4. The van der Waals surface area contributed by atoms with E-state index in [4.69, 9.17) is 28.6 Å². The molecule has 0 radical (unpaired) electrons. The lowest BCUT2D eigenvalue weighted by molar-refractivity contribution is 0.0919. The summed E-state index contributed by atoms with van der Waals surface area (Å²) in [4.78, 5) is 4.81. The van der Waals surface area contributed by atoms with Gasteiger partial charge in [-0.1, -0.05) is 17.7 Å². The molecule has 0 saturated carbocycles. The third kappa shape index (κ3) is 5.42. The van der Waals surface area contributed by atoms with E-state index in [-0.39, 0.29) is 0 Å². The average molecular weight is 408 g/mol. The molecule has 0 N–H and O–H groups in total. The van der Waals surface area contributed by atoms with Crippen LogP contribution in [0.5, 0.6) is 5.75 Å². The van der Waals surface area contributed by atoms with Gasteiger partial charge in [0.05, 0.1) is 6.67 Å². The molecule has 0 atom stereocenters. The highest BCUT2D eigenvalue weighted by Gasteiger charge is 2.18. The fraction of sp³-hybridized carbons (Fsp3) is 0.474. The van der Waals surface area contributed by atoms with Crippen molar-refractivity contribution in [2.24, 2.45) is 0 Å². The number of allylic oxidation sites excluding steroid dienone is 1. The van der Waals surface area contributed by atoms with Crippen molar-refractivity contribution in [1.29, 1.82) is 0 Å². The third-order valence-electron chi connectivity index (χ3n) is 4.71. The van der Waals surface area contributed by atoms with Crippen LogP contribution in [0.15, 0.2) is 36.9 Å². The number of hydrogen-bond donors (Lipinski definition) is 0. The summed E-state index contributed by atoms with van der Waals surface area (Å²) in [6, 6.07) is 7.49. The van der Waals surface area contributed by atoms with E-state index in [2.05, 4.69) is 21.5 Å². The highest BCUT2D eigenvalue weighted by molar-refractivity contribution is 7.71. The standard InChI is InChI=1S/C19H26ClN5OS/c1-3-8-24-16(2)21-25(19(24)27)15-23-11-9-22(10-12-23)13-14-26-18-6-4-17(20)5-7-18/h3-7H,1,8-15H2,2H3. The van der Waals surface area contributed by atoms with Crippen LogP contribution in [0.1, 0.15) is 5.82 Å². The first kappa shape index (κ1) is 20.1. The second-order valence-corrected chi connectivity index (χ2v) is 7.43. The van der Waals surface area contributed by atoms with E-state index in [1.165, 1.54) is 0 Å². The van der Waals surface area contributed by atoms with Gasteiger partial charge in [0.15, 0.2) is 4.77 Å². The molecule has 6 nitrogen and oxygen atoms in total. The van der Waals surface area contributed by atoms with Crippen LogP contribution in [-0.4, -0.2) is 63.5 Å². The van der Waals surface area contributed by atoms with Crippen LogP contribution in [0.2, 0.25) is 5.02 Å². The van der Waals surface area contributed by atoms with Gasteiger partial charge < -0.3 is 9.30 Å². The minimum absolute atomic E-state index is 0.678. The molecule has 0 spiro atoms. The molecule has 0 aliphatic carbocycles. The third-order valence-corrected chi connectivity index (χ3v) is 5.39. The summed E-state index contributed by atoms with van der Waals surface area (Å²) in [6.07, 6.45) is 1.85. The predicted molar refractivity (Wildman–Crippen MR) is 111 cm³/mol. The quantitative estimate of drug-likeness (QED) is 0.496. The maximum absolute atomic E-state index is 5.89. The van der Waals surface area contributed by atoms with Gasteiger partial charge in [-0.2, -0.15) is 5.10 Å². The van der Waals surface area contributed by atoms with Crippen molar-refractivity contribution in [3.63, 3.8) is 0 Å². The molecule has 0 amide bonds. The maximum Gasteiger partial charge on any atom is 0.199 e. The average Bonchev–Trinajstić information content (AvgIpc) is 2.92. The van der Waals surface area contributed by atoms with E-state index >= 15 is 0 Å². The van der Waals surface area contributed by atoms with Crippen LogP contribution in [0.4, 0.5) is 0 Å². The highest BCUT2D eigenvalue weighted by Crippen LogP contribution is 2.15. The SMILES string of the molecule is C=CCn1c(C)nn(CN2CCN(CCOc3ccc(Cl)cc3)CC2)c1=S. The van der Waals surface area contributed by atoms with E-state index in [0.717, 1.165) is 60.8 Å². The number of aryl methyl sites for hydroxylation is 1. The Balaban J connectivity index is 1.42. The van der Waals surface area contributed by atoms with Gasteiger partial charge in [-0.25, -0.2) is 4.68 Å². The topological polar surface area (TPSA) is 38.5 Å². The molecule has 8 heteroatoms. The van der Waals surface area contributed by atoms with Crippen LogP contribution in [-0.2, 0) is 13.2 Å². The molecule has 1 aliphatic rings. The Bertz CT molecular complexity index is 808. The number of halogens is 1. The monoisotopic (exact) mass is 407 g/mol. The normalized spacial score (nSPS) is 15.8. The van der Waals surface area contributed by atoms with E-state index in [9.17, 15) is 0 Å². The van der Waals surface area contributed by atoms with Gasteiger partial charge in [-0.05, 0) is 43.4 Å². The van der Waals surface area contributed by atoms with E-state index in [1.807, 2.05) is 46.5 Å². The Morgan fingerprint density at radius 2 is 1.85 bits per heavy atom. The van der Waals surface area contributed by atoms with Gasteiger partial charge in [0.25, 0.3) is 0 Å². The summed E-state index contributed by atoms with van der Waals surface area (Å²) in [5.74, 6) is 1.79. The lowest BCUT2D eigenvalue weighted by Gasteiger charge is -2.34. The fourth-order valence-corrected chi connectivity index (χ4v) is 3.58. The number of benzene rings is 1. The van der Waals surface area contributed by atoms with E-state index in [1.54, 1.807) is 0 Å². The van der Waals surface area contributed by atoms with Crippen LogP contribution >= 0.6 is 23.8 Å². The first-order valence-corrected chi connectivity index (χ1v) is 9.93. The number of rotatable bonds is 8. The number of piperazine rings is 1. The zero-order valence-corrected chi connectivity index (χ0v) is 17.3. The van der Waals surface area contributed by atoms with Crippen molar-refractivity contribution >= 4 is 23.8 Å². The van der Waals surface area contributed by atoms with Crippen LogP contribution in [0.3, 0.4) is 0 Å². The van der Waals surface area contributed by atoms with Crippen molar-refractivity contribution in [3.8, 4) is 5.75 Å². The molecule has 1 aromatic carbocycles. The molecular formula is C19H26ClN5OS. The van der Waals surface area contributed by atoms with Crippen molar-refractivity contribution < 1.29 is 4.74 Å². The Kier molecular flexibility index (Phi) is 7.07. The molecule has 1 aromatic heterocycles. The van der Waals surface area contributed by atoms with Crippen LogP contribution in [0.25, 0.3) is 0 Å². The number of hydrogen-bond acceptors (Lipinski definition) is 5. The molecule has 0 unspecified atom stereocenters. The van der Waals surface area contributed by atoms with Gasteiger partial charge in [-0.3, -0.25) is 9.80 Å². The van der Waals surface area contributed by atoms with E-state index < -0.39 is 0 Å². The Labute approximate surface area is 170 Å². The van der Waals surface area contributed by atoms with Crippen LogP contribution in [0, 0.1) is 11.7 Å². The first-order chi connectivity index (χ1) is 13.1. The Hall–Kier alpha value is -1.67. The summed E-state index contributed by atoms with van der Waals surface area (Å²) < 4.78 is 10.5. The van der Waals surface area contributed by atoms with Crippen molar-refractivity contribution in [1.82, 2.24) is 24.1 Å². The maximum atomic E-state index is 5.89. The molecule has 1 saturated heterocycles. The largest absolute Gasteiger partial charge is 0.492 e. The molecule has 1 fully saturated rings. The highest BCUT2D eigenvalue weighted by atomic mass is 35.5. The smallest absolute Gasteiger partial charge is 0.199 e. The molecule has 2 aromatic rings. The molecule has 3 rings (SSSR count). The van der Waals surface area contributed by atoms with Gasteiger partial charge >= 0.3 is 0 Å². The van der Waals surface area contributed by atoms with E-state index in [0.29, 0.717) is 13.2 Å². The molecule has 146 valence electrons. The summed E-state index contributed by atoms with van der Waals surface area (Å²) in [5.41, 5.74) is 0. The zero-order valence-electron chi connectivity index (χ0n) is 15.7. The second-order valence-electron chi connectivity index (χ2n) is 6.63. The minimum atomic E-state index is 0.678. The summed E-state index contributed by atoms with van der Waals surface area (Å²) in [7, 11) is 0. The number of nitrogens with zero attached hydrogens (tertiary/aromatic N) is 5. The molecule has 27 heavy (non-hydrogen) atoms. The van der Waals surface area contributed by atoms with Crippen molar-refractivity contribution in [2.45, 2.75) is 20.1 Å². The molecule has 2 heterocycles.